The molecule has 0 amide bonds. The molecule has 108 valence electrons. The van der Waals surface area contributed by atoms with E-state index in [0.717, 1.165) is 12.2 Å². The van der Waals surface area contributed by atoms with E-state index >= 15 is 0 Å². The highest BCUT2D eigenvalue weighted by Gasteiger charge is 2.21. The Morgan fingerprint density at radius 3 is 2.11 bits per heavy atom. The second-order valence-electron chi connectivity index (χ2n) is 5.92. The zero-order chi connectivity index (χ0) is 14.7. The summed E-state index contributed by atoms with van der Waals surface area (Å²) in [5, 5.41) is 3.37. The molecule has 0 atom stereocenters. The van der Waals surface area contributed by atoms with Crippen LogP contribution in [0.4, 0.5) is 5.69 Å². The van der Waals surface area contributed by atoms with E-state index in [1.807, 2.05) is 12.1 Å². The van der Waals surface area contributed by atoms with E-state index < -0.39 is 9.84 Å². The standard InChI is InChI=1S/C15H25NO2S/c1-6-19(17,18)14-9-7-13(8-10-14)16-11-15(4,5)12(2)3/h7-10,12,16H,6,11H2,1-5H3. The first-order chi connectivity index (χ1) is 8.69. The van der Waals surface area contributed by atoms with Crippen molar-refractivity contribution in [2.24, 2.45) is 11.3 Å². The van der Waals surface area contributed by atoms with Crippen LogP contribution in [-0.2, 0) is 9.84 Å². The molecule has 0 spiro atoms. The van der Waals surface area contributed by atoms with Crippen LogP contribution in [0.5, 0.6) is 0 Å². The Balaban J connectivity index is 2.74. The van der Waals surface area contributed by atoms with Gasteiger partial charge in [0.25, 0.3) is 0 Å². The molecule has 1 N–H and O–H groups in total. The van der Waals surface area contributed by atoms with Crippen LogP contribution in [0.25, 0.3) is 0 Å². The molecule has 0 saturated carbocycles. The van der Waals surface area contributed by atoms with E-state index in [4.69, 9.17) is 0 Å². The monoisotopic (exact) mass is 283 g/mol. The molecular weight excluding hydrogens is 258 g/mol. The van der Waals surface area contributed by atoms with Gasteiger partial charge in [-0.2, -0.15) is 0 Å². The van der Waals surface area contributed by atoms with Crippen molar-refractivity contribution in [1.82, 2.24) is 0 Å². The maximum Gasteiger partial charge on any atom is 0.178 e. The summed E-state index contributed by atoms with van der Waals surface area (Å²) in [4.78, 5) is 0.392. The fourth-order valence-corrected chi connectivity index (χ4v) is 2.36. The summed E-state index contributed by atoms with van der Waals surface area (Å²) in [7, 11) is -3.10. The Bertz CT molecular complexity index is 501. The van der Waals surface area contributed by atoms with Gasteiger partial charge in [-0.15, -0.1) is 0 Å². The van der Waals surface area contributed by atoms with Crippen LogP contribution in [0.1, 0.15) is 34.6 Å². The minimum absolute atomic E-state index is 0.139. The Kier molecular flexibility index (Phi) is 5.02. The molecule has 4 heteroatoms. The topological polar surface area (TPSA) is 46.2 Å². The molecule has 3 nitrogen and oxygen atoms in total. The summed E-state index contributed by atoms with van der Waals surface area (Å²) < 4.78 is 23.4. The van der Waals surface area contributed by atoms with Gasteiger partial charge < -0.3 is 5.32 Å². The number of hydrogen-bond donors (Lipinski definition) is 1. The smallest absolute Gasteiger partial charge is 0.178 e. The maximum absolute atomic E-state index is 11.7. The zero-order valence-corrected chi connectivity index (χ0v) is 13.3. The molecule has 0 aliphatic rings. The van der Waals surface area contributed by atoms with Crippen molar-refractivity contribution in [2.75, 3.05) is 17.6 Å². The van der Waals surface area contributed by atoms with Crippen LogP contribution in [-0.4, -0.2) is 20.7 Å². The van der Waals surface area contributed by atoms with Crippen molar-refractivity contribution in [1.29, 1.82) is 0 Å². The largest absolute Gasteiger partial charge is 0.384 e. The Labute approximate surface area is 117 Å². The fraction of sp³-hybridized carbons (Fsp3) is 0.600. The highest BCUT2D eigenvalue weighted by molar-refractivity contribution is 7.91. The summed E-state index contributed by atoms with van der Waals surface area (Å²) >= 11 is 0. The molecule has 0 bridgehead atoms. The lowest BCUT2D eigenvalue weighted by molar-refractivity contribution is 0.269. The van der Waals surface area contributed by atoms with Gasteiger partial charge >= 0.3 is 0 Å². The predicted octanol–water partition coefficient (Wildman–Crippen LogP) is 3.57. The lowest BCUT2D eigenvalue weighted by atomic mass is 9.81. The summed E-state index contributed by atoms with van der Waals surface area (Å²) in [6, 6.07) is 7.00. The predicted molar refractivity (Wildman–Crippen MR) is 81.3 cm³/mol. The van der Waals surface area contributed by atoms with Crippen LogP contribution >= 0.6 is 0 Å². The second-order valence-corrected chi connectivity index (χ2v) is 8.20. The van der Waals surface area contributed by atoms with Crippen molar-refractivity contribution < 1.29 is 8.42 Å². The van der Waals surface area contributed by atoms with Crippen molar-refractivity contribution in [3.63, 3.8) is 0 Å². The molecule has 0 aromatic heterocycles. The maximum atomic E-state index is 11.7. The molecule has 1 aromatic carbocycles. The molecule has 0 aliphatic heterocycles. The molecular formula is C15H25NO2S. The minimum atomic E-state index is -3.10. The quantitative estimate of drug-likeness (QED) is 0.868. The van der Waals surface area contributed by atoms with Gasteiger partial charge in [0.15, 0.2) is 9.84 Å². The highest BCUT2D eigenvalue weighted by atomic mass is 32.2. The number of sulfone groups is 1. The van der Waals surface area contributed by atoms with E-state index in [2.05, 4.69) is 33.0 Å². The van der Waals surface area contributed by atoms with E-state index in [9.17, 15) is 8.42 Å². The molecule has 0 radical (unpaired) electrons. The van der Waals surface area contributed by atoms with Gasteiger partial charge in [-0.05, 0) is 35.6 Å². The fourth-order valence-electron chi connectivity index (χ4n) is 1.48. The SMILES string of the molecule is CCS(=O)(=O)c1ccc(NCC(C)(C)C(C)C)cc1. The van der Waals surface area contributed by atoms with Crippen LogP contribution in [0.15, 0.2) is 29.2 Å². The average Bonchev–Trinajstić information content (AvgIpc) is 2.37. The van der Waals surface area contributed by atoms with Gasteiger partial charge in [0.1, 0.15) is 0 Å². The van der Waals surface area contributed by atoms with Crippen LogP contribution in [0.2, 0.25) is 0 Å². The molecule has 0 heterocycles. The first-order valence-corrected chi connectivity index (χ1v) is 8.41. The summed E-state index contributed by atoms with van der Waals surface area (Å²) in [5.41, 5.74) is 1.16. The first kappa shape index (κ1) is 16.0. The number of anilines is 1. The van der Waals surface area contributed by atoms with Crippen LogP contribution < -0.4 is 5.32 Å². The number of hydrogen-bond acceptors (Lipinski definition) is 3. The lowest BCUT2D eigenvalue weighted by Crippen LogP contribution is -2.28. The average molecular weight is 283 g/mol. The molecule has 0 saturated heterocycles. The number of nitrogens with one attached hydrogen (secondary N) is 1. The van der Waals surface area contributed by atoms with E-state index in [0.29, 0.717) is 10.8 Å². The second kappa shape index (κ2) is 5.95. The van der Waals surface area contributed by atoms with Crippen molar-refractivity contribution in [3.05, 3.63) is 24.3 Å². The third-order valence-electron chi connectivity index (χ3n) is 3.90. The third-order valence-corrected chi connectivity index (χ3v) is 5.66. The van der Waals surface area contributed by atoms with E-state index in [1.54, 1.807) is 19.1 Å². The number of benzene rings is 1. The molecule has 0 fully saturated rings. The zero-order valence-electron chi connectivity index (χ0n) is 12.5. The summed E-state index contributed by atoms with van der Waals surface area (Å²) in [6.07, 6.45) is 0. The molecule has 0 unspecified atom stereocenters. The molecule has 1 rings (SSSR count). The van der Waals surface area contributed by atoms with Crippen molar-refractivity contribution in [2.45, 2.75) is 39.5 Å². The van der Waals surface area contributed by atoms with E-state index in [1.165, 1.54) is 0 Å². The lowest BCUT2D eigenvalue weighted by Gasteiger charge is -2.29. The summed E-state index contributed by atoms with van der Waals surface area (Å²) in [5.74, 6) is 0.722. The van der Waals surface area contributed by atoms with Gasteiger partial charge in [-0.1, -0.05) is 34.6 Å². The molecule has 19 heavy (non-hydrogen) atoms. The van der Waals surface area contributed by atoms with Crippen LogP contribution in [0, 0.1) is 11.3 Å². The minimum Gasteiger partial charge on any atom is -0.384 e. The van der Waals surface area contributed by atoms with Gasteiger partial charge in [0, 0.05) is 12.2 Å². The normalized spacial score (nSPS) is 12.7. The van der Waals surface area contributed by atoms with Crippen molar-refractivity contribution >= 4 is 15.5 Å². The summed E-state index contributed by atoms with van der Waals surface area (Å²) in [6.45, 7) is 11.4. The van der Waals surface area contributed by atoms with E-state index in [-0.39, 0.29) is 11.2 Å². The van der Waals surface area contributed by atoms with Gasteiger partial charge in [0.05, 0.1) is 10.6 Å². The first-order valence-electron chi connectivity index (χ1n) is 6.76. The molecule has 0 aliphatic carbocycles. The Morgan fingerprint density at radius 2 is 1.68 bits per heavy atom. The van der Waals surface area contributed by atoms with Crippen molar-refractivity contribution in [3.8, 4) is 0 Å². The highest BCUT2D eigenvalue weighted by Crippen LogP contribution is 2.26. The van der Waals surface area contributed by atoms with Crippen LogP contribution in [0.3, 0.4) is 0 Å². The van der Waals surface area contributed by atoms with Gasteiger partial charge in [-0.25, -0.2) is 8.42 Å². The Hall–Kier alpha value is -1.03. The molecule has 1 aromatic rings. The number of rotatable bonds is 6. The van der Waals surface area contributed by atoms with Gasteiger partial charge in [-0.3, -0.25) is 0 Å². The van der Waals surface area contributed by atoms with Gasteiger partial charge in [0.2, 0.25) is 0 Å². The Morgan fingerprint density at radius 1 is 1.16 bits per heavy atom. The third kappa shape index (κ3) is 4.23.